The molecule has 0 saturated heterocycles. The van der Waals surface area contributed by atoms with Crippen LogP contribution in [0.2, 0.25) is 5.02 Å². The Balaban J connectivity index is 2.64. The molecule has 2 amide bonds. The fourth-order valence-electron chi connectivity index (χ4n) is 1.49. The zero-order valence-corrected chi connectivity index (χ0v) is 12.0. The number of carbonyl (C=O) groups is 3. The summed E-state index contributed by atoms with van der Waals surface area (Å²) < 4.78 is 5.34. The Kier molecular flexibility index (Phi) is 5.98. The quantitative estimate of drug-likeness (QED) is 0.679. The summed E-state index contributed by atoms with van der Waals surface area (Å²) in [6, 6.07) is 5.03. The van der Waals surface area contributed by atoms with Crippen molar-refractivity contribution < 1.29 is 24.2 Å². The molecule has 0 bridgehead atoms. The average Bonchev–Trinajstić information content (AvgIpc) is 2.37. The van der Waals surface area contributed by atoms with Gasteiger partial charge in [-0.1, -0.05) is 17.7 Å². The van der Waals surface area contributed by atoms with Crippen LogP contribution < -0.4 is 15.8 Å². The highest BCUT2D eigenvalue weighted by atomic mass is 35.5. The monoisotopic (exact) mass is 314 g/mol. The molecule has 7 nitrogen and oxygen atoms in total. The number of nitrogens with two attached hydrogens (primary N) is 1. The van der Waals surface area contributed by atoms with Crippen LogP contribution in [-0.2, 0) is 14.4 Å². The minimum Gasteiger partial charge on any atom is -0.481 e. The lowest BCUT2D eigenvalue weighted by atomic mass is 10.2. The van der Waals surface area contributed by atoms with Crippen LogP contribution >= 0.6 is 11.6 Å². The molecular formula is C13H15ClN2O5. The number of nitrogens with one attached hydrogen (secondary N) is 1. The van der Waals surface area contributed by atoms with E-state index in [9.17, 15) is 14.4 Å². The van der Waals surface area contributed by atoms with E-state index in [0.29, 0.717) is 10.8 Å². The molecule has 0 aromatic heterocycles. The summed E-state index contributed by atoms with van der Waals surface area (Å²) in [5.74, 6) is -2.49. The molecule has 0 radical (unpaired) electrons. The predicted octanol–water partition coefficient (Wildman–Crippen LogP) is 0.552. The van der Waals surface area contributed by atoms with E-state index in [1.54, 1.807) is 18.2 Å². The van der Waals surface area contributed by atoms with Crippen molar-refractivity contribution in [3.05, 3.63) is 29.3 Å². The van der Waals surface area contributed by atoms with Gasteiger partial charge in [0, 0.05) is 5.02 Å². The first-order valence-corrected chi connectivity index (χ1v) is 6.41. The molecule has 0 fully saturated rings. The van der Waals surface area contributed by atoms with Gasteiger partial charge in [0.2, 0.25) is 5.91 Å². The Morgan fingerprint density at radius 1 is 1.43 bits per heavy atom. The summed E-state index contributed by atoms with van der Waals surface area (Å²) in [7, 11) is 0. The summed E-state index contributed by atoms with van der Waals surface area (Å²) in [6.07, 6.45) is -1.46. The molecule has 2 unspecified atom stereocenters. The van der Waals surface area contributed by atoms with Gasteiger partial charge < -0.3 is 20.9 Å². The molecule has 21 heavy (non-hydrogen) atoms. The Labute approximate surface area is 126 Å². The van der Waals surface area contributed by atoms with Crippen molar-refractivity contribution >= 4 is 29.4 Å². The van der Waals surface area contributed by atoms with Gasteiger partial charge in [-0.15, -0.1) is 0 Å². The van der Waals surface area contributed by atoms with Gasteiger partial charge in [0.05, 0.1) is 6.42 Å². The van der Waals surface area contributed by atoms with Gasteiger partial charge in [-0.25, -0.2) is 4.79 Å². The molecule has 2 atom stereocenters. The number of benzene rings is 1. The van der Waals surface area contributed by atoms with Crippen LogP contribution in [0.25, 0.3) is 0 Å². The van der Waals surface area contributed by atoms with Gasteiger partial charge in [0.25, 0.3) is 5.91 Å². The van der Waals surface area contributed by atoms with E-state index >= 15 is 0 Å². The molecule has 0 aliphatic heterocycles. The Morgan fingerprint density at radius 3 is 2.62 bits per heavy atom. The number of primary amides is 1. The second-order valence-corrected chi connectivity index (χ2v) is 4.72. The number of hydrogen-bond acceptors (Lipinski definition) is 4. The number of rotatable bonds is 7. The molecule has 114 valence electrons. The van der Waals surface area contributed by atoms with E-state index in [1.807, 2.05) is 0 Å². The normalized spacial score (nSPS) is 13.0. The van der Waals surface area contributed by atoms with Gasteiger partial charge in [-0.05, 0) is 25.1 Å². The van der Waals surface area contributed by atoms with E-state index in [4.69, 9.17) is 27.2 Å². The van der Waals surface area contributed by atoms with Crippen molar-refractivity contribution in [1.82, 2.24) is 5.32 Å². The van der Waals surface area contributed by atoms with Crippen molar-refractivity contribution in [1.29, 1.82) is 0 Å². The highest BCUT2D eigenvalue weighted by molar-refractivity contribution is 6.30. The minimum absolute atomic E-state index is 0.368. The van der Waals surface area contributed by atoms with Gasteiger partial charge in [0.1, 0.15) is 11.8 Å². The van der Waals surface area contributed by atoms with E-state index < -0.39 is 36.4 Å². The van der Waals surface area contributed by atoms with Crippen molar-refractivity contribution in [2.45, 2.75) is 25.5 Å². The SMILES string of the molecule is CC(Oc1cccc(Cl)c1)C(=O)NC(CC(N)=O)C(=O)O. The van der Waals surface area contributed by atoms with E-state index in [0.717, 1.165) is 0 Å². The maximum atomic E-state index is 11.8. The number of aliphatic carboxylic acids is 1. The lowest BCUT2D eigenvalue weighted by Gasteiger charge is -2.18. The topological polar surface area (TPSA) is 119 Å². The van der Waals surface area contributed by atoms with Gasteiger partial charge in [-0.2, -0.15) is 0 Å². The van der Waals surface area contributed by atoms with Gasteiger partial charge >= 0.3 is 5.97 Å². The molecule has 0 aliphatic carbocycles. The molecule has 0 heterocycles. The first kappa shape index (κ1) is 16.8. The number of ether oxygens (including phenoxy) is 1. The standard InChI is InChI=1S/C13H15ClN2O5/c1-7(21-9-4-2-3-8(14)5-9)12(18)16-10(13(19)20)6-11(15)17/h2-5,7,10H,6H2,1H3,(H2,15,17)(H,16,18)(H,19,20). The fourth-order valence-corrected chi connectivity index (χ4v) is 1.67. The summed E-state index contributed by atoms with van der Waals surface area (Å²) in [4.78, 5) is 33.5. The van der Waals surface area contributed by atoms with Gasteiger partial charge in [-0.3, -0.25) is 9.59 Å². The first-order valence-electron chi connectivity index (χ1n) is 6.03. The van der Waals surface area contributed by atoms with Crippen LogP contribution in [0.4, 0.5) is 0 Å². The van der Waals surface area contributed by atoms with E-state index in [2.05, 4.69) is 5.32 Å². The highest BCUT2D eigenvalue weighted by Gasteiger charge is 2.25. The zero-order chi connectivity index (χ0) is 16.0. The first-order chi connectivity index (χ1) is 9.79. The Hall–Kier alpha value is -2.28. The fraction of sp³-hybridized carbons (Fsp3) is 0.308. The molecule has 1 rings (SSSR count). The van der Waals surface area contributed by atoms with E-state index in [1.165, 1.54) is 13.0 Å². The van der Waals surface area contributed by atoms with Crippen LogP contribution in [0.1, 0.15) is 13.3 Å². The second-order valence-electron chi connectivity index (χ2n) is 4.29. The largest absolute Gasteiger partial charge is 0.481 e. The number of hydrogen-bond donors (Lipinski definition) is 3. The van der Waals surface area contributed by atoms with Crippen molar-refractivity contribution in [3.63, 3.8) is 0 Å². The van der Waals surface area contributed by atoms with Crippen LogP contribution in [0.15, 0.2) is 24.3 Å². The number of halogens is 1. The van der Waals surface area contributed by atoms with E-state index in [-0.39, 0.29) is 0 Å². The summed E-state index contributed by atoms with van der Waals surface area (Å²) in [6.45, 7) is 1.44. The average molecular weight is 315 g/mol. The molecule has 1 aromatic rings. The van der Waals surface area contributed by atoms with Crippen LogP contribution in [-0.4, -0.2) is 35.0 Å². The summed E-state index contributed by atoms with van der Waals surface area (Å²) in [5.41, 5.74) is 4.92. The predicted molar refractivity (Wildman–Crippen MR) is 74.9 cm³/mol. The molecule has 0 spiro atoms. The van der Waals surface area contributed by atoms with Crippen molar-refractivity contribution in [2.24, 2.45) is 5.73 Å². The van der Waals surface area contributed by atoms with Crippen LogP contribution in [0, 0.1) is 0 Å². The summed E-state index contributed by atoms with van der Waals surface area (Å²) >= 11 is 5.78. The second kappa shape index (κ2) is 7.49. The number of carboxylic acid groups (broad SMARTS) is 1. The molecule has 4 N–H and O–H groups in total. The minimum atomic E-state index is -1.39. The van der Waals surface area contributed by atoms with Crippen molar-refractivity contribution in [3.8, 4) is 5.75 Å². The number of carboxylic acids is 1. The third-order valence-corrected chi connectivity index (χ3v) is 2.73. The molecule has 0 saturated carbocycles. The highest BCUT2D eigenvalue weighted by Crippen LogP contribution is 2.18. The zero-order valence-electron chi connectivity index (χ0n) is 11.2. The maximum Gasteiger partial charge on any atom is 0.326 e. The van der Waals surface area contributed by atoms with Crippen LogP contribution in [0.3, 0.4) is 0 Å². The Bertz CT molecular complexity index is 549. The number of carbonyl (C=O) groups excluding carboxylic acids is 2. The number of amides is 2. The van der Waals surface area contributed by atoms with Crippen molar-refractivity contribution in [2.75, 3.05) is 0 Å². The molecule has 1 aromatic carbocycles. The lowest BCUT2D eigenvalue weighted by Crippen LogP contribution is -2.47. The molecular weight excluding hydrogens is 300 g/mol. The molecule has 0 aliphatic rings. The molecule has 8 heteroatoms. The Morgan fingerprint density at radius 2 is 2.10 bits per heavy atom. The third-order valence-electron chi connectivity index (χ3n) is 2.50. The van der Waals surface area contributed by atoms with Crippen LogP contribution in [0.5, 0.6) is 5.75 Å². The third kappa shape index (κ3) is 5.70. The summed E-state index contributed by atoms with van der Waals surface area (Å²) in [5, 5.41) is 11.5. The lowest BCUT2D eigenvalue weighted by molar-refractivity contribution is -0.144. The van der Waals surface area contributed by atoms with Gasteiger partial charge in [0.15, 0.2) is 6.10 Å². The smallest absolute Gasteiger partial charge is 0.326 e. The maximum absolute atomic E-state index is 11.8.